The van der Waals surface area contributed by atoms with E-state index in [9.17, 15) is 4.79 Å². The summed E-state index contributed by atoms with van der Waals surface area (Å²) >= 11 is 1.51. The highest BCUT2D eigenvalue weighted by atomic mass is 32.2. The van der Waals surface area contributed by atoms with Crippen LogP contribution in [0.2, 0.25) is 0 Å². The van der Waals surface area contributed by atoms with E-state index in [1.54, 1.807) is 0 Å². The van der Waals surface area contributed by atoms with Gasteiger partial charge in [0.2, 0.25) is 5.91 Å². The van der Waals surface area contributed by atoms with Gasteiger partial charge in [-0.1, -0.05) is 17.8 Å². The Balaban J connectivity index is 1.28. The predicted octanol–water partition coefficient (Wildman–Crippen LogP) is 3.54. The van der Waals surface area contributed by atoms with Crippen molar-refractivity contribution in [3.63, 3.8) is 0 Å². The lowest BCUT2D eigenvalue weighted by atomic mass is 10.0. The van der Waals surface area contributed by atoms with Gasteiger partial charge in [0.1, 0.15) is 5.82 Å². The van der Waals surface area contributed by atoms with Gasteiger partial charge >= 0.3 is 0 Å². The molecule has 1 aromatic carbocycles. The topological polar surface area (TPSA) is 69.5 Å². The lowest BCUT2D eigenvalue weighted by molar-refractivity contribution is -0.129. The average molecular weight is 415 g/mol. The Kier molecular flexibility index (Phi) is 5.11. The molecule has 3 aliphatic rings. The molecule has 7 nitrogen and oxygen atoms in total. The monoisotopic (exact) mass is 414 g/mol. The molecule has 1 saturated heterocycles. The summed E-state index contributed by atoms with van der Waals surface area (Å²) < 4.78 is 13.8. The Bertz CT molecular complexity index is 911. The predicted molar refractivity (Wildman–Crippen MR) is 109 cm³/mol. The van der Waals surface area contributed by atoms with Gasteiger partial charge < -0.3 is 18.9 Å². The molecule has 3 heterocycles. The Hall–Kier alpha value is -2.22. The number of rotatable bonds is 5. The number of benzene rings is 1. The minimum atomic E-state index is 0.100. The molecule has 2 aromatic rings. The van der Waals surface area contributed by atoms with Gasteiger partial charge in [0.05, 0.1) is 25.0 Å². The Morgan fingerprint density at radius 1 is 1.14 bits per heavy atom. The summed E-state index contributed by atoms with van der Waals surface area (Å²) in [5.74, 6) is 3.08. The number of hydrogen-bond donors (Lipinski definition) is 0. The summed E-state index contributed by atoms with van der Waals surface area (Å²) in [6.07, 6.45) is 5.25. The molecular weight excluding hydrogens is 388 g/mol. The molecule has 0 radical (unpaired) electrons. The molecular formula is C21H26N4O3S. The zero-order valence-corrected chi connectivity index (χ0v) is 17.5. The molecule has 1 amide bonds. The van der Waals surface area contributed by atoms with Crippen molar-refractivity contribution in [1.29, 1.82) is 0 Å². The van der Waals surface area contributed by atoms with E-state index in [1.807, 2.05) is 17.9 Å². The van der Waals surface area contributed by atoms with Crippen LogP contribution in [-0.4, -0.2) is 51.1 Å². The van der Waals surface area contributed by atoms with Crippen LogP contribution in [0, 0.1) is 6.92 Å². The third-order valence-corrected chi connectivity index (χ3v) is 6.73. The summed E-state index contributed by atoms with van der Waals surface area (Å²) in [7, 11) is 0. The fourth-order valence-corrected chi connectivity index (χ4v) is 5.15. The van der Waals surface area contributed by atoms with Gasteiger partial charge in [-0.3, -0.25) is 4.79 Å². The van der Waals surface area contributed by atoms with Crippen LogP contribution < -0.4 is 9.47 Å². The number of aryl methyl sites for hydroxylation is 1. The molecule has 1 atom stereocenters. The highest BCUT2D eigenvalue weighted by Gasteiger charge is 2.32. The minimum Gasteiger partial charge on any atom is -0.490 e. The number of thioether (sulfide) groups is 1. The molecule has 5 rings (SSSR count). The number of aromatic nitrogens is 3. The van der Waals surface area contributed by atoms with Gasteiger partial charge in [-0.05, 0) is 50.3 Å². The maximum absolute atomic E-state index is 13.0. The summed E-state index contributed by atoms with van der Waals surface area (Å²) in [5, 5.41) is 9.36. The number of carbonyl (C=O) groups excluding carboxylic acids is 1. The Labute approximate surface area is 174 Å². The van der Waals surface area contributed by atoms with Crippen LogP contribution in [0.15, 0.2) is 23.4 Å². The van der Waals surface area contributed by atoms with Gasteiger partial charge in [0, 0.05) is 19.0 Å². The fraction of sp³-hybridized carbons (Fsp3) is 0.571. The summed E-state index contributed by atoms with van der Waals surface area (Å²) in [5.41, 5.74) is 1.13. The van der Waals surface area contributed by atoms with Crippen molar-refractivity contribution in [3.05, 3.63) is 29.6 Å². The van der Waals surface area contributed by atoms with Gasteiger partial charge in [-0.2, -0.15) is 0 Å². The van der Waals surface area contributed by atoms with Gasteiger partial charge in [0.25, 0.3) is 0 Å². The van der Waals surface area contributed by atoms with Crippen molar-refractivity contribution in [3.8, 4) is 11.5 Å². The molecule has 8 heteroatoms. The molecule has 0 unspecified atom stereocenters. The molecule has 29 heavy (non-hydrogen) atoms. The number of amides is 1. The maximum Gasteiger partial charge on any atom is 0.233 e. The van der Waals surface area contributed by atoms with Gasteiger partial charge in [-0.25, -0.2) is 0 Å². The quantitative estimate of drug-likeness (QED) is 0.697. The normalized spacial score (nSPS) is 21.3. The lowest BCUT2D eigenvalue weighted by Crippen LogP contribution is -2.32. The van der Waals surface area contributed by atoms with E-state index < -0.39 is 0 Å². The summed E-state index contributed by atoms with van der Waals surface area (Å²) in [6, 6.07) is 6.72. The van der Waals surface area contributed by atoms with Crippen LogP contribution >= 0.6 is 11.8 Å². The van der Waals surface area contributed by atoms with Crippen molar-refractivity contribution in [1.82, 2.24) is 19.7 Å². The standard InChI is InChI=1S/C21H26N4O3S/c1-14-22-23-21(25(14)16-6-7-16)29-13-20(26)24-9-2-4-17(24)15-5-8-18-19(12-15)28-11-3-10-27-18/h5,8,12,16-17H,2-4,6-7,9-11,13H2,1H3/t17-/m0/s1. The van der Waals surface area contributed by atoms with Gasteiger partial charge in [0.15, 0.2) is 16.7 Å². The van der Waals surface area contributed by atoms with Crippen molar-refractivity contribution < 1.29 is 14.3 Å². The van der Waals surface area contributed by atoms with E-state index in [-0.39, 0.29) is 11.9 Å². The molecule has 154 valence electrons. The van der Waals surface area contributed by atoms with Crippen LogP contribution in [0.5, 0.6) is 11.5 Å². The minimum absolute atomic E-state index is 0.100. The van der Waals surface area contributed by atoms with Crippen molar-refractivity contribution in [2.45, 2.75) is 56.3 Å². The molecule has 0 bridgehead atoms. The van der Waals surface area contributed by atoms with Crippen LogP contribution in [0.1, 0.15) is 55.6 Å². The van der Waals surface area contributed by atoms with E-state index in [0.717, 1.165) is 53.9 Å². The Morgan fingerprint density at radius 3 is 2.79 bits per heavy atom. The second-order valence-corrected chi connectivity index (χ2v) is 8.86. The first kappa shape index (κ1) is 18.8. The van der Waals surface area contributed by atoms with Crippen LogP contribution in [0.3, 0.4) is 0 Å². The summed E-state index contributed by atoms with van der Waals surface area (Å²) in [6.45, 7) is 4.13. The second kappa shape index (κ2) is 7.89. The molecule has 2 fully saturated rings. The molecule has 2 aliphatic heterocycles. The number of hydrogen-bond acceptors (Lipinski definition) is 6. The lowest BCUT2D eigenvalue weighted by Gasteiger charge is -2.25. The van der Waals surface area contributed by atoms with Crippen LogP contribution in [0.25, 0.3) is 0 Å². The molecule has 1 aliphatic carbocycles. The van der Waals surface area contributed by atoms with Crippen LogP contribution in [0.4, 0.5) is 0 Å². The van der Waals surface area contributed by atoms with Crippen molar-refractivity contribution in [2.24, 2.45) is 0 Å². The van der Waals surface area contributed by atoms with E-state index in [2.05, 4.69) is 26.9 Å². The highest BCUT2D eigenvalue weighted by molar-refractivity contribution is 7.99. The first-order valence-electron chi connectivity index (χ1n) is 10.4. The first-order chi connectivity index (χ1) is 14.2. The number of likely N-dealkylation sites (tertiary alicyclic amines) is 1. The van der Waals surface area contributed by atoms with E-state index in [1.165, 1.54) is 24.6 Å². The maximum atomic E-state index is 13.0. The van der Waals surface area contributed by atoms with E-state index in [4.69, 9.17) is 9.47 Å². The average Bonchev–Trinajstić information content (AvgIpc) is 3.39. The highest BCUT2D eigenvalue weighted by Crippen LogP contribution is 2.40. The van der Waals surface area contributed by atoms with Crippen molar-refractivity contribution >= 4 is 17.7 Å². The molecule has 0 spiro atoms. The van der Waals surface area contributed by atoms with E-state index >= 15 is 0 Å². The molecule has 1 aromatic heterocycles. The second-order valence-electron chi connectivity index (χ2n) is 7.92. The smallest absolute Gasteiger partial charge is 0.233 e. The number of ether oxygens (including phenoxy) is 2. The zero-order chi connectivity index (χ0) is 19.8. The largest absolute Gasteiger partial charge is 0.490 e. The Morgan fingerprint density at radius 2 is 1.97 bits per heavy atom. The molecule has 0 N–H and O–H groups in total. The fourth-order valence-electron chi connectivity index (χ4n) is 4.21. The van der Waals surface area contributed by atoms with E-state index in [0.29, 0.717) is 25.0 Å². The third kappa shape index (κ3) is 3.82. The molecule has 1 saturated carbocycles. The number of carbonyl (C=O) groups is 1. The number of fused-ring (bicyclic) bond motifs is 1. The van der Waals surface area contributed by atoms with Crippen molar-refractivity contribution in [2.75, 3.05) is 25.5 Å². The number of nitrogens with zero attached hydrogens (tertiary/aromatic N) is 4. The van der Waals surface area contributed by atoms with Gasteiger partial charge in [-0.15, -0.1) is 10.2 Å². The first-order valence-corrected chi connectivity index (χ1v) is 11.4. The third-order valence-electron chi connectivity index (χ3n) is 5.80. The summed E-state index contributed by atoms with van der Waals surface area (Å²) in [4.78, 5) is 15.1. The van der Waals surface area contributed by atoms with Crippen LogP contribution in [-0.2, 0) is 4.79 Å². The SMILES string of the molecule is Cc1nnc(SCC(=O)N2CCC[C@H]2c2ccc3c(c2)OCCCO3)n1C1CC1. The zero-order valence-electron chi connectivity index (χ0n) is 16.7.